The van der Waals surface area contributed by atoms with Crippen molar-refractivity contribution in [2.45, 2.75) is 6.54 Å². The van der Waals surface area contributed by atoms with E-state index in [2.05, 4.69) is 20.3 Å². The number of anilines is 1. The van der Waals surface area contributed by atoms with Gasteiger partial charge in [-0.15, -0.1) is 0 Å². The maximum atomic E-state index is 5.59. The van der Waals surface area contributed by atoms with Crippen LogP contribution in [0.4, 0.5) is 5.69 Å². The molecule has 0 atom stereocenters. The van der Waals surface area contributed by atoms with Crippen LogP contribution >= 0.6 is 12.2 Å². The first-order valence-electron chi connectivity index (χ1n) is 5.01. The lowest BCUT2D eigenvalue weighted by molar-refractivity contribution is 1.00. The number of nitrogens with zero attached hydrogens (tertiary/aromatic N) is 3. The number of hydrogen-bond acceptors (Lipinski definition) is 5. The number of aromatic nitrogens is 3. The molecule has 6 heteroatoms. The molecule has 0 bridgehead atoms. The SMILES string of the molecule is NC(=S)c1ncccc1NCc1ccncn1. The normalized spacial score (nSPS) is 9.88. The zero-order valence-corrected chi connectivity index (χ0v) is 9.81. The summed E-state index contributed by atoms with van der Waals surface area (Å²) < 4.78 is 0. The van der Waals surface area contributed by atoms with E-state index in [4.69, 9.17) is 18.0 Å². The molecule has 0 aliphatic carbocycles. The zero-order valence-electron chi connectivity index (χ0n) is 9.00. The van der Waals surface area contributed by atoms with Crippen molar-refractivity contribution in [3.63, 3.8) is 0 Å². The molecule has 3 N–H and O–H groups in total. The predicted molar refractivity (Wildman–Crippen MR) is 69.5 cm³/mol. The molecule has 17 heavy (non-hydrogen) atoms. The van der Waals surface area contributed by atoms with Gasteiger partial charge in [0.15, 0.2) is 0 Å². The third-order valence-electron chi connectivity index (χ3n) is 2.14. The van der Waals surface area contributed by atoms with Gasteiger partial charge < -0.3 is 11.1 Å². The summed E-state index contributed by atoms with van der Waals surface area (Å²) in [6, 6.07) is 5.54. The highest BCUT2D eigenvalue weighted by molar-refractivity contribution is 7.80. The molecular formula is C11H11N5S. The second-order valence-electron chi connectivity index (χ2n) is 3.32. The van der Waals surface area contributed by atoms with Crippen LogP contribution in [0.1, 0.15) is 11.4 Å². The summed E-state index contributed by atoms with van der Waals surface area (Å²) in [4.78, 5) is 12.4. The highest BCUT2D eigenvalue weighted by Crippen LogP contribution is 2.12. The van der Waals surface area contributed by atoms with Crippen molar-refractivity contribution in [1.29, 1.82) is 0 Å². The van der Waals surface area contributed by atoms with Gasteiger partial charge in [-0.05, 0) is 18.2 Å². The Labute approximate surface area is 104 Å². The van der Waals surface area contributed by atoms with Crippen LogP contribution in [0.5, 0.6) is 0 Å². The Kier molecular flexibility index (Phi) is 3.56. The smallest absolute Gasteiger partial charge is 0.124 e. The van der Waals surface area contributed by atoms with Crippen LogP contribution in [0.3, 0.4) is 0 Å². The van der Waals surface area contributed by atoms with E-state index in [0.717, 1.165) is 11.4 Å². The fourth-order valence-electron chi connectivity index (χ4n) is 1.35. The average Bonchev–Trinajstić information content (AvgIpc) is 2.38. The van der Waals surface area contributed by atoms with Crippen LogP contribution in [-0.2, 0) is 6.54 Å². The van der Waals surface area contributed by atoms with Gasteiger partial charge in [-0.3, -0.25) is 4.98 Å². The monoisotopic (exact) mass is 245 g/mol. The summed E-state index contributed by atoms with van der Waals surface area (Å²) in [5, 5.41) is 3.19. The molecule has 0 spiro atoms. The fraction of sp³-hybridized carbons (Fsp3) is 0.0909. The van der Waals surface area contributed by atoms with Gasteiger partial charge in [0.25, 0.3) is 0 Å². The van der Waals surface area contributed by atoms with Crippen LogP contribution in [0.25, 0.3) is 0 Å². The minimum Gasteiger partial charge on any atom is -0.388 e. The van der Waals surface area contributed by atoms with E-state index in [1.54, 1.807) is 12.4 Å². The third kappa shape index (κ3) is 2.94. The Hall–Kier alpha value is -2.08. The van der Waals surface area contributed by atoms with Crippen LogP contribution in [0.15, 0.2) is 36.9 Å². The van der Waals surface area contributed by atoms with Gasteiger partial charge >= 0.3 is 0 Å². The molecule has 2 heterocycles. The molecule has 0 amide bonds. The number of rotatable bonds is 4. The van der Waals surface area contributed by atoms with Crippen molar-refractivity contribution < 1.29 is 0 Å². The minimum atomic E-state index is 0.274. The zero-order chi connectivity index (χ0) is 12.1. The molecule has 2 aromatic rings. The summed E-state index contributed by atoms with van der Waals surface area (Å²) in [5.74, 6) is 0. The first-order valence-corrected chi connectivity index (χ1v) is 5.42. The van der Waals surface area contributed by atoms with E-state index in [0.29, 0.717) is 12.2 Å². The predicted octanol–water partition coefficient (Wildman–Crippen LogP) is 1.12. The van der Waals surface area contributed by atoms with Gasteiger partial charge in [-0.25, -0.2) is 9.97 Å². The first-order chi connectivity index (χ1) is 8.27. The summed E-state index contributed by atoms with van der Waals surface area (Å²) in [5.41, 5.74) is 7.87. The van der Waals surface area contributed by atoms with Crippen molar-refractivity contribution in [2.24, 2.45) is 5.73 Å². The Balaban J connectivity index is 2.12. The maximum absolute atomic E-state index is 5.59. The molecular weight excluding hydrogens is 234 g/mol. The average molecular weight is 245 g/mol. The van der Waals surface area contributed by atoms with E-state index < -0.39 is 0 Å². The van der Waals surface area contributed by atoms with E-state index in [9.17, 15) is 0 Å². The minimum absolute atomic E-state index is 0.274. The topological polar surface area (TPSA) is 76.7 Å². The molecule has 5 nitrogen and oxygen atoms in total. The standard InChI is InChI=1S/C11H11N5S/c12-11(17)10-9(2-1-4-14-10)15-6-8-3-5-13-7-16-8/h1-5,7,15H,6H2,(H2,12,17). The van der Waals surface area contributed by atoms with E-state index in [-0.39, 0.29) is 4.99 Å². The van der Waals surface area contributed by atoms with Gasteiger partial charge in [-0.1, -0.05) is 12.2 Å². The number of nitrogens with one attached hydrogen (secondary N) is 1. The Morgan fingerprint density at radius 3 is 2.88 bits per heavy atom. The number of thiocarbonyl (C=S) groups is 1. The number of pyridine rings is 1. The molecule has 0 fully saturated rings. The van der Waals surface area contributed by atoms with Crippen molar-refractivity contribution >= 4 is 22.9 Å². The first kappa shape index (κ1) is 11.4. The fourth-order valence-corrected chi connectivity index (χ4v) is 1.52. The van der Waals surface area contributed by atoms with Crippen LogP contribution in [0.2, 0.25) is 0 Å². The largest absolute Gasteiger partial charge is 0.388 e. The molecule has 0 radical (unpaired) electrons. The lowest BCUT2D eigenvalue weighted by Gasteiger charge is -2.09. The van der Waals surface area contributed by atoms with Gasteiger partial charge in [0.05, 0.1) is 17.9 Å². The lowest BCUT2D eigenvalue weighted by Crippen LogP contribution is -2.15. The quantitative estimate of drug-likeness (QED) is 0.786. The molecule has 0 unspecified atom stereocenters. The summed E-state index contributed by atoms with van der Waals surface area (Å²) in [7, 11) is 0. The van der Waals surface area contributed by atoms with E-state index >= 15 is 0 Å². The highest BCUT2D eigenvalue weighted by Gasteiger charge is 2.05. The third-order valence-corrected chi connectivity index (χ3v) is 2.34. The molecule has 0 aliphatic rings. The molecule has 2 rings (SSSR count). The van der Waals surface area contributed by atoms with E-state index in [1.165, 1.54) is 6.33 Å². The van der Waals surface area contributed by atoms with Crippen molar-refractivity contribution in [2.75, 3.05) is 5.32 Å². The Bertz CT molecular complexity index is 514. The van der Waals surface area contributed by atoms with Gasteiger partial charge in [0.2, 0.25) is 0 Å². The molecule has 0 aromatic carbocycles. The molecule has 2 aromatic heterocycles. The van der Waals surface area contributed by atoms with E-state index in [1.807, 2.05) is 18.2 Å². The molecule has 0 aliphatic heterocycles. The Morgan fingerprint density at radius 2 is 2.18 bits per heavy atom. The summed E-state index contributed by atoms with van der Waals surface area (Å²) in [6.07, 6.45) is 4.86. The highest BCUT2D eigenvalue weighted by atomic mass is 32.1. The van der Waals surface area contributed by atoms with Crippen molar-refractivity contribution in [3.8, 4) is 0 Å². The summed E-state index contributed by atoms with van der Waals surface area (Å²) >= 11 is 4.93. The van der Waals surface area contributed by atoms with Crippen molar-refractivity contribution in [1.82, 2.24) is 15.0 Å². The van der Waals surface area contributed by atoms with Crippen LogP contribution < -0.4 is 11.1 Å². The second-order valence-corrected chi connectivity index (χ2v) is 3.76. The Morgan fingerprint density at radius 1 is 1.29 bits per heavy atom. The summed E-state index contributed by atoms with van der Waals surface area (Å²) in [6.45, 7) is 0.573. The van der Waals surface area contributed by atoms with Gasteiger partial charge in [-0.2, -0.15) is 0 Å². The molecule has 0 saturated heterocycles. The molecule has 86 valence electrons. The number of nitrogens with two attached hydrogens (primary N) is 1. The van der Waals surface area contributed by atoms with Crippen LogP contribution in [-0.4, -0.2) is 19.9 Å². The van der Waals surface area contributed by atoms with Crippen LogP contribution in [0, 0.1) is 0 Å². The van der Waals surface area contributed by atoms with Gasteiger partial charge in [0.1, 0.15) is 17.0 Å². The molecule has 0 saturated carbocycles. The van der Waals surface area contributed by atoms with Gasteiger partial charge in [0, 0.05) is 12.4 Å². The lowest BCUT2D eigenvalue weighted by atomic mass is 10.3. The van der Waals surface area contributed by atoms with Crippen molar-refractivity contribution in [3.05, 3.63) is 48.3 Å². The number of hydrogen-bond donors (Lipinski definition) is 2. The maximum Gasteiger partial charge on any atom is 0.124 e. The second kappa shape index (κ2) is 5.31.